The van der Waals surface area contributed by atoms with Crippen molar-refractivity contribution < 1.29 is 14.0 Å². The molecule has 0 aliphatic rings. The van der Waals surface area contributed by atoms with Gasteiger partial charge >= 0.3 is 0 Å². The van der Waals surface area contributed by atoms with E-state index in [1.54, 1.807) is 20.3 Å². The first-order valence-corrected chi connectivity index (χ1v) is 8.12. The quantitative estimate of drug-likeness (QED) is 0.752. The van der Waals surface area contributed by atoms with Crippen LogP contribution in [0.2, 0.25) is 0 Å². The molecule has 0 saturated carbocycles. The second-order valence-electron chi connectivity index (χ2n) is 5.92. The number of aryl methyl sites for hydroxylation is 2. The maximum absolute atomic E-state index is 6.14. The van der Waals surface area contributed by atoms with Gasteiger partial charge in [-0.3, -0.25) is 0 Å². The fourth-order valence-electron chi connectivity index (χ4n) is 2.79. The summed E-state index contributed by atoms with van der Waals surface area (Å²) in [5.74, 6) is 2.45. The minimum atomic E-state index is 0.350. The third-order valence-electron chi connectivity index (χ3n) is 4.11. The molecular formula is C20H21N3O3. The van der Waals surface area contributed by atoms with Gasteiger partial charge < -0.3 is 19.7 Å². The summed E-state index contributed by atoms with van der Waals surface area (Å²) in [6.45, 7) is 3.98. The van der Waals surface area contributed by atoms with E-state index < -0.39 is 0 Å². The molecule has 0 amide bonds. The largest absolute Gasteiger partial charge is 0.497 e. The molecule has 0 spiro atoms. The Morgan fingerprint density at radius 3 is 2.19 bits per heavy atom. The molecular weight excluding hydrogens is 330 g/mol. The van der Waals surface area contributed by atoms with E-state index in [1.807, 2.05) is 50.2 Å². The Morgan fingerprint density at radius 2 is 1.62 bits per heavy atom. The van der Waals surface area contributed by atoms with Crippen LogP contribution in [0.4, 0.5) is 0 Å². The van der Waals surface area contributed by atoms with E-state index in [1.165, 1.54) is 0 Å². The minimum Gasteiger partial charge on any atom is -0.497 e. The Bertz CT molecular complexity index is 920. The highest BCUT2D eigenvalue weighted by molar-refractivity contribution is 5.77. The van der Waals surface area contributed by atoms with Crippen molar-refractivity contribution in [1.82, 2.24) is 10.1 Å². The molecule has 2 N–H and O–H groups in total. The molecule has 0 fully saturated rings. The molecule has 6 nitrogen and oxygen atoms in total. The van der Waals surface area contributed by atoms with Gasteiger partial charge in [0.15, 0.2) is 0 Å². The van der Waals surface area contributed by atoms with Crippen molar-refractivity contribution >= 4 is 11.8 Å². The topological polar surface area (TPSA) is 83.4 Å². The lowest BCUT2D eigenvalue weighted by molar-refractivity contribution is 0.410. The van der Waals surface area contributed by atoms with Gasteiger partial charge in [-0.1, -0.05) is 5.16 Å². The van der Waals surface area contributed by atoms with Gasteiger partial charge in [-0.15, -0.1) is 0 Å². The first kappa shape index (κ1) is 17.5. The highest BCUT2D eigenvalue weighted by Crippen LogP contribution is 2.29. The van der Waals surface area contributed by atoms with Gasteiger partial charge in [-0.2, -0.15) is 4.98 Å². The number of ether oxygens (including phenoxy) is 2. The molecule has 3 aromatic rings. The van der Waals surface area contributed by atoms with Crippen LogP contribution in [0, 0.1) is 13.8 Å². The van der Waals surface area contributed by atoms with E-state index in [-0.39, 0.29) is 0 Å². The van der Waals surface area contributed by atoms with E-state index in [0.717, 1.165) is 33.8 Å². The fourth-order valence-corrected chi connectivity index (χ4v) is 2.79. The molecule has 6 heteroatoms. The molecule has 26 heavy (non-hydrogen) atoms. The Morgan fingerprint density at radius 1 is 1.00 bits per heavy atom. The molecule has 2 aromatic carbocycles. The van der Waals surface area contributed by atoms with Gasteiger partial charge in [-0.05, 0) is 66.9 Å². The number of aromatic nitrogens is 2. The number of benzene rings is 2. The summed E-state index contributed by atoms with van der Waals surface area (Å²) in [6, 6.07) is 11.3. The van der Waals surface area contributed by atoms with Crippen LogP contribution in [0.3, 0.4) is 0 Å². The van der Waals surface area contributed by atoms with Crippen molar-refractivity contribution in [3.63, 3.8) is 0 Å². The first-order chi connectivity index (χ1) is 12.5. The van der Waals surface area contributed by atoms with Crippen LogP contribution in [-0.2, 0) is 0 Å². The molecule has 0 aliphatic heterocycles. The van der Waals surface area contributed by atoms with Crippen LogP contribution in [0.25, 0.3) is 23.2 Å². The van der Waals surface area contributed by atoms with Crippen LogP contribution >= 0.6 is 0 Å². The Hall–Kier alpha value is -3.28. The SMILES string of the molecule is COc1ccc(/C(N)=C/c2nc(-c3c(C)cc(OC)cc3C)no2)cc1. The maximum Gasteiger partial charge on any atom is 0.253 e. The zero-order valence-electron chi connectivity index (χ0n) is 15.2. The van der Waals surface area contributed by atoms with E-state index in [4.69, 9.17) is 19.7 Å². The summed E-state index contributed by atoms with van der Waals surface area (Å²) < 4.78 is 15.8. The van der Waals surface area contributed by atoms with Crippen LogP contribution in [0.15, 0.2) is 40.9 Å². The van der Waals surface area contributed by atoms with E-state index in [2.05, 4.69) is 10.1 Å². The molecule has 0 bridgehead atoms. The number of hydrogen-bond donors (Lipinski definition) is 1. The number of nitrogens with two attached hydrogens (primary N) is 1. The van der Waals surface area contributed by atoms with Gasteiger partial charge in [0.25, 0.3) is 5.89 Å². The molecule has 3 rings (SSSR count). The average molecular weight is 351 g/mol. The average Bonchev–Trinajstić information content (AvgIpc) is 3.09. The number of methoxy groups -OCH3 is 2. The van der Waals surface area contributed by atoms with Gasteiger partial charge in [0.05, 0.1) is 14.2 Å². The summed E-state index contributed by atoms with van der Waals surface area (Å²) in [5, 5.41) is 4.09. The highest BCUT2D eigenvalue weighted by Gasteiger charge is 2.14. The lowest BCUT2D eigenvalue weighted by atomic mass is 10.0. The molecule has 0 aliphatic carbocycles. The van der Waals surface area contributed by atoms with Crippen molar-refractivity contribution in [2.45, 2.75) is 13.8 Å². The molecule has 134 valence electrons. The number of nitrogens with zero attached hydrogens (tertiary/aromatic N) is 2. The smallest absolute Gasteiger partial charge is 0.253 e. The highest BCUT2D eigenvalue weighted by atomic mass is 16.5. The van der Waals surface area contributed by atoms with Crippen LogP contribution in [0.1, 0.15) is 22.6 Å². The second kappa shape index (κ2) is 7.31. The summed E-state index contributed by atoms with van der Waals surface area (Å²) in [4.78, 5) is 4.46. The second-order valence-corrected chi connectivity index (χ2v) is 5.92. The van der Waals surface area contributed by atoms with E-state index >= 15 is 0 Å². The Labute approximate surface area is 152 Å². The van der Waals surface area contributed by atoms with Crippen LogP contribution in [0.5, 0.6) is 11.5 Å². The fraction of sp³-hybridized carbons (Fsp3) is 0.200. The molecule has 0 saturated heterocycles. The van der Waals surface area contributed by atoms with Crippen LogP contribution < -0.4 is 15.2 Å². The molecule has 1 heterocycles. The third-order valence-corrected chi connectivity index (χ3v) is 4.11. The number of hydrogen-bond acceptors (Lipinski definition) is 6. The van der Waals surface area contributed by atoms with Crippen molar-refractivity contribution in [3.05, 3.63) is 59.0 Å². The first-order valence-electron chi connectivity index (χ1n) is 8.12. The molecule has 0 radical (unpaired) electrons. The van der Waals surface area contributed by atoms with Crippen molar-refractivity contribution in [1.29, 1.82) is 0 Å². The summed E-state index contributed by atoms with van der Waals surface area (Å²) in [6.07, 6.45) is 1.66. The normalized spacial score (nSPS) is 11.5. The van der Waals surface area contributed by atoms with Gasteiger partial charge in [0, 0.05) is 17.3 Å². The van der Waals surface area contributed by atoms with Crippen LogP contribution in [-0.4, -0.2) is 24.4 Å². The van der Waals surface area contributed by atoms with E-state index in [9.17, 15) is 0 Å². The lowest BCUT2D eigenvalue weighted by Gasteiger charge is -2.08. The molecule has 0 unspecified atom stereocenters. The van der Waals surface area contributed by atoms with Gasteiger partial charge in [0.2, 0.25) is 5.82 Å². The minimum absolute atomic E-state index is 0.350. The Kier molecular flexibility index (Phi) is 4.93. The van der Waals surface area contributed by atoms with E-state index in [0.29, 0.717) is 17.4 Å². The summed E-state index contributed by atoms with van der Waals surface area (Å²) >= 11 is 0. The monoisotopic (exact) mass is 351 g/mol. The standard InChI is InChI=1S/C20H21N3O3/c1-12-9-16(25-4)10-13(2)19(12)20-22-18(26-23-20)11-17(21)14-5-7-15(24-3)8-6-14/h5-11H,21H2,1-4H3/b17-11-. The maximum atomic E-state index is 6.14. The van der Waals surface area contributed by atoms with Gasteiger partial charge in [0.1, 0.15) is 11.5 Å². The predicted molar refractivity (Wildman–Crippen MR) is 101 cm³/mol. The number of rotatable bonds is 5. The van der Waals surface area contributed by atoms with Crippen molar-refractivity contribution in [3.8, 4) is 22.9 Å². The summed E-state index contributed by atoms with van der Waals surface area (Å²) in [5.41, 5.74) is 10.5. The van der Waals surface area contributed by atoms with Crippen molar-refractivity contribution in [2.24, 2.45) is 5.73 Å². The van der Waals surface area contributed by atoms with Crippen molar-refractivity contribution in [2.75, 3.05) is 14.2 Å². The molecule has 1 aromatic heterocycles. The zero-order chi connectivity index (χ0) is 18.7. The Balaban J connectivity index is 1.90. The lowest BCUT2D eigenvalue weighted by Crippen LogP contribution is -1.96. The summed E-state index contributed by atoms with van der Waals surface area (Å²) in [7, 11) is 3.27. The van der Waals surface area contributed by atoms with Gasteiger partial charge in [-0.25, -0.2) is 0 Å². The molecule has 0 atom stereocenters. The third kappa shape index (κ3) is 3.54. The predicted octanol–water partition coefficient (Wildman–Crippen LogP) is 3.83. The zero-order valence-corrected chi connectivity index (χ0v) is 15.2.